The number of hydrogen-bond acceptors (Lipinski definition) is 3. The fraction of sp³-hybridized carbons (Fsp3) is 0.600. The third-order valence-corrected chi connectivity index (χ3v) is 4.02. The van der Waals surface area contributed by atoms with Crippen molar-refractivity contribution in [3.63, 3.8) is 0 Å². The zero-order valence-corrected chi connectivity index (χ0v) is 13.2. The highest BCUT2D eigenvalue weighted by atomic mass is 79.9. The van der Waals surface area contributed by atoms with Crippen LogP contribution in [0.25, 0.3) is 0 Å². The summed E-state index contributed by atoms with van der Waals surface area (Å²) >= 11 is 3.59. The molecule has 0 heterocycles. The lowest BCUT2D eigenvalue weighted by atomic mass is 10.2. The van der Waals surface area contributed by atoms with Gasteiger partial charge in [-0.1, -0.05) is 15.9 Å². The zero-order chi connectivity index (χ0) is 13.7. The van der Waals surface area contributed by atoms with Crippen molar-refractivity contribution in [3.8, 4) is 5.75 Å². The summed E-state index contributed by atoms with van der Waals surface area (Å²) in [4.78, 5) is 0. The molecule has 0 amide bonds. The van der Waals surface area contributed by atoms with E-state index >= 15 is 0 Å². The Morgan fingerprint density at radius 3 is 2.89 bits per heavy atom. The van der Waals surface area contributed by atoms with Crippen LogP contribution in [0.4, 0.5) is 0 Å². The van der Waals surface area contributed by atoms with Crippen LogP contribution in [-0.4, -0.2) is 25.9 Å². The van der Waals surface area contributed by atoms with Crippen LogP contribution in [0.1, 0.15) is 31.7 Å². The van der Waals surface area contributed by atoms with Gasteiger partial charge >= 0.3 is 0 Å². The molecule has 1 fully saturated rings. The number of halogens is 1. The Bertz CT molecular complexity index is 407. The van der Waals surface area contributed by atoms with Crippen molar-refractivity contribution in [2.24, 2.45) is 0 Å². The zero-order valence-electron chi connectivity index (χ0n) is 11.6. The minimum Gasteiger partial charge on any atom is -0.491 e. The summed E-state index contributed by atoms with van der Waals surface area (Å²) in [5.41, 5.74) is 1.25. The highest BCUT2D eigenvalue weighted by Gasteiger charge is 2.20. The van der Waals surface area contributed by atoms with Gasteiger partial charge in [0.05, 0.1) is 6.10 Å². The molecule has 0 bridgehead atoms. The van der Waals surface area contributed by atoms with Crippen LogP contribution in [0.15, 0.2) is 22.7 Å². The predicted molar refractivity (Wildman–Crippen MR) is 80.6 cm³/mol. The van der Waals surface area contributed by atoms with Crippen molar-refractivity contribution in [2.45, 2.75) is 44.9 Å². The highest BCUT2D eigenvalue weighted by Crippen LogP contribution is 2.25. The average molecular weight is 328 g/mol. The summed E-state index contributed by atoms with van der Waals surface area (Å²) in [6, 6.07) is 6.90. The second-order valence-corrected chi connectivity index (χ2v) is 5.97. The fourth-order valence-corrected chi connectivity index (χ4v) is 2.26. The first-order valence-electron chi connectivity index (χ1n) is 6.86. The normalized spacial score (nSPS) is 16.4. The molecule has 1 N–H and O–H groups in total. The van der Waals surface area contributed by atoms with Gasteiger partial charge in [0.25, 0.3) is 0 Å². The third-order valence-electron chi connectivity index (χ3n) is 3.24. The monoisotopic (exact) mass is 327 g/mol. The molecule has 1 aliphatic carbocycles. The van der Waals surface area contributed by atoms with Crippen molar-refractivity contribution >= 4 is 15.9 Å². The first-order valence-corrected chi connectivity index (χ1v) is 7.65. The minimum atomic E-state index is 0.172. The van der Waals surface area contributed by atoms with Gasteiger partial charge in [-0.25, -0.2) is 0 Å². The summed E-state index contributed by atoms with van der Waals surface area (Å²) in [7, 11) is 1.72. The molecule has 1 unspecified atom stereocenters. The SMILES string of the molecule is COCCC(C)Oc1ccc(Br)c(CNC2CC2)c1. The lowest BCUT2D eigenvalue weighted by Crippen LogP contribution is -2.17. The van der Waals surface area contributed by atoms with Gasteiger partial charge in [0.1, 0.15) is 5.75 Å². The van der Waals surface area contributed by atoms with E-state index in [4.69, 9.17) is 9.47 Å². The molecule has 1 atom stereocenters. The van der Waals surface area contributed by atoms with Gasteiger partial charge in [-0.3, -0.25) is 0 Å². The maximum Gasteiger partial charge on any atom is 0.120 e. The van der Waals surface area contributed by atoms with Crippen LogP contribution in [0.2, 0.25) is 0 Å². The molecule has 2 rings (SSSR count). The predicted octanol–water partition coefficient (Wildman–Crippen LogP) is 3.50. The van der Waals surface area contributed by atoms with E-state index in [1.165, 1.54) is 18.4 Å². The van der Waals surface area contributed by atoms with Crippen molar-refractivity contribution in [2.75, 3.05) is 13.7 Å². The molecule has 1 saturated carbocycles. The number of nitrogens with one attached hydrogen (secondary N) is 1. The van der Waals surface area contributed by atoms with E-state index in [0.717, 1.165) is 35.8 Å². The second-order valence-electron chi connectivity index (χ2n) is 5.12. The van der Waals surface area contributed by atoms with Gasteiger partial charge in [-0.05, 0) is 43.5 Å². The number of benzene rings is 1. The van der Waals surface area contributed by atoms with Crippen LogP contribution in [0.3, 0.4) is 0 Å². The molecule has 19 heavy (non-hydrogen) atoms. The summed E-state index contributed by atoms with van der Waals surface area (Å²) in [5.74, 6) is 0.930. The molecular formula is C15H22BrNO2. The molecule has 0 radical (unpaired) electrons. The molecule has 3 nitrogen and oxygen atoms in total. The van der Waals surface area contributed by atoms with Crippen molar-refractivity contribution in [3.05, 3.63) is 28.2 Å². The highest BCUT2D eigenvalue weighted by molar-refractivity contribution is 9.10. The summed E-state index contributed by atoms with van der Waals surface area (Å²) in [6.07, 6.45) is 3.69. The quantitative estimate of drug-likeness (QED) is 0.792. The van der Waals surface area contributed by atoms with Crippen LogP contribution >= 0.6 is 15.9 Å². The first-order chi connectivity index (χ1) is 9.19. The molecule has 0 saturated heterocycles. The van der Waals surface area contributed by atoms with Gasteiger partial charge in [0.15, 0.2) is 0 Å². The summed E-state index contributed by atoms with van der Waals surface area (Å²) < 4.78 is 12.1. The van der Waals surface area contributed by atoms with E-state index in [2.05, 4.69) is 40.3 Å². The van der Waals surface area contributed by atoms with Gasteiger partial charge in [0, 0.05) is 37.2 Å². The van der Waals surface area contributed by atoms with Gasteiger partial charge in [-0.15, -0.1) is 0 Å². The Hall–Kier alpha value is -0.580. The Morgan fingerprint density at radius 2 is 2.21 bits per heavy atom. The minimum absolute atomic E-state index is 0.172. The first kappa shape index (κ1) is 14.8. The van der Waals surface area contributed by atoms with E-state index in [1.807, 2.05) is 6.07 Å². The standard InChI is InChI=1S/C15H22BrNO2/c1-11(7-8-18-2)19-14-5-6-15(16)12(9-14)10-17-13-3-4-13/h5-6,9,11,13,17H,3-4,7-8,10H2,1-2H3. The molecule has 4 heteroatoms. The Labute approximate surface area is 123 Å². The van der Waals surface area contributed by atoms with Crippen LogP contribution in [0.5, 0.6) is 5.75 Å². The number of methoxy groups -OCH3 is 1. The third kappa shape index (κ3) is 5.13. The number of rotatable bonds is 8. The summed E-state index contributed by atoms with van der Waals surface area (Å²) in [6.45, 7) is 3.70. The topological polar surface area (TPSA) is 30.5 Å². The van der Waals surface area contributed by atoms with E-state index in [9.17, 15) is 0 Å². The molecular weight excluding hydrogens is 306 g/mol. The van der Waals surface area contributed by atoms with Crippen LogP contribution in [-0.2, 0) is 11.3 Å². The molecule has 0 aromatic heterocycles. The molecule has 1 aromatic rings. The van der Waals surface area contributed by atoms with Gasteiger partial charge in [0.2, 0.25) is 0 Å². The molecule has 0 aliphatic heterocycles. The van der Waals surface area contributed by atoms with Gasteiger partial charge < -0.3 is 14.8 Å². The molecule has 1 aromatic carbocycles. The largest absolute Gasteiger partial charge is 0.491 e. The van der Waals surface area contributed by atoms with Crippen LogP contribution in [0, 0.1) is 0 Å². The smallest absolute Gasteiger partial charge is 0.120 e. The lowest BCUT2D eigenvalue weighted by Gasteiger charge is -2.16. The molecule has 106 valence electrons. The fourth-order valence-electron chi connectivity index (χ4n) is 1.88. The lowest BCUT2D eigenvalue weighted by molar-refractivity contribution is 0.135. The summed E-state index contributed by atoms with van der Waals surface area (Å²) in [5, 5.41) is 3.52. The van der Waals surface area contributed by atoms with Crippen molar-refractivity contribution in [1.29, 1.82) is 0 Å². The van der Waals surface area contributed by atoms with E-state index in [-0.39, 0.29) is 6.10 Å². The Kier molecular flexibility index (Phi) is 5.67. The van der Waals surface area contributed by atoms with Crippen LogP contribution < -0.4 is 10.1 Å². The Balaban J connectivity index is 1.90. The van der Waals surface area contributed by atoms with E-state index < -0.39 is 0 Å². The molecule has 0 spiro atoms. The molecule has 1 aliphatic rings. The van der Waals surface area contributed by atoms with Crippen molar-refractivity contribution in [1.82, 2.24) is 5.32 Å². The average Bonchev–Trinajstić information content (AvgIpc) is 3.21. The van der Waals surface area contributed by atoms with Crippen molar-refractivity contribution < 1.29 is 9.47 Å². The number of ether oxygens (including phenoxy) is 2. The maximum atomic E-state index is 5.91. The Morgan fingerprint density at radius 1 is 1.42 bits per heavy atom. The van der Waals surface area contributed by atoms with Gasteiger partial charge in [-0.2, -0.15) is 0 Å². The van der Waals surface area contributed by atoms with E-state index in [0.29, 0.717) is 0 Å². The van der Waals surface area contributed by atoms with E-state index in [1.54, 1.807) is 7.11 Å². The second kappa shape index (κ2) is 7.27. The number of hydrogen-bond donors (Lipinski definition) is 1. The maximum absolute atomic E-state index is 5.91.